The van der Waals surface area contributed by atoms with Crippen LogP contribution in [0.3, 0.4) is 0 Å². The molecule has 0 atom stereocenters. The summed E-state index contributed by atoms with van der Waals surface area (Å²) in [6.07, 6.45) is 5.64. The van der Waals surface area contributed by atoms with E-state index in [1.54, 1.807) is 0 Å². The minimum atomic E-state index is 0.843. The van der Waals surface area contributed by atoms with Gasteiger partial charge in [-0.1, -0.05) is 15.9 Å². The second-order valence-corrected chi connectivity index (χ2v) is 6.41. The fourth-order valence-electron chi connectivity index (χ4n) is 2.42. The number of benzene rings is 1. The lowest BCUT2D eigenvalue weighted by Crippen LogP contribution is -2.27. The van der Waals surface area contributed by atoms with Crippen LogP contribution in [0.25, 0.3) is 0 Å². The second kappa shape index (κ2) is 4.62. The van der Waals surface area contributed by atoms with E-state index in [0.29, 0.717) is 0 Å². The molecule has 1 aromatic carbocycles. The highest BCUT2D eigenvalue weighted by Crippen LogP contribution is 2.35. The lowest BCUT2D eigenvalue weighted by Gasteiger charge is -2.22. The average Bonchev–Trinajstić information content (AvgIpc) is 3.11. The van der Waals surface area contributed by atoms with E-state index < -0.39 is 0 Å². The molecule has 0 spiro atoms. The fourth-order valence-corrected chi connectivity index (χ4v) is 2.97. The molecule has 2 N–H and O–H groups in total. The van der Waals surface area contributed by atoms with Crippen molar-refractivity contribution in [3.8, 4) is 0 Å². The summed E-state index contributed by atoms with van der Waals surface area (Å²) in [5.41, 5.74) is 8.09. The molecule has 2 nitrogen and oxygen atoms in total. The van der Waals surface area contributed by atoms with E-state index in [4.69, 9.17) is 5.73 Å². The Kier molecular flexibility index (Phi) is 3.14. The quantitative estimate of drug-likeness (QED) is 0.844. The van der Waals surface area contributed by atoms with Gasteiger partial charge in [-0.05, 0) is 55.4 Å². The zero-order valence-electron chi connectivity index (χ0n) is 10.0. The fraction of sp³-hybridized carbons (Fsp3) is 0.571. The molecular formula is C14H19BrN2. The van der Waals surface area contributed by atoms with Crippen LogP contribution in [0.15, 0.2) is 22.7 Å². The van der Waals surface area contributed by atoms with Crippen LogP contribution in [0.4, 0.5) is 5.69 Å². The molecule has 3 heteroatoms. The third kappa shape index (κ3) is 3.23. The van der Waals surface area contributed by atoms with Crippen molar-refractivity contribution in [2.75, 3.05) is 12.3 Å². The lowest BCUT2D eigenvalue weighted by molar-refractivity contribution is 0.244. The Morgan fingerprint density at radius 2 is 1.94 bits per heavy atom. The first-order valence-corrected chi connectivity index (χ1v) is 7.29. The summed E-state index contributed by atoms with van der Waals surface area (Å²) in [5.74, 6) is 0.972. The number of nitrogens with zero attached hydrogens (tertiary/aromatic N) is 1. The number of halogens is 1. The van der Waals surface area contributed by atoms with E-state index in [1.165, 1.54) is 37.8 Å². The van der Waals surface area contributed by atoms with E-state index in [2.05, 4.69) is 33.0 Å². The van der Waals surface area contributed by atoms with Gasteiger partial charge < -0.3 is 5.73 Å². The van der Waals surface area contributed by atoms with Crippen LogP contribution in [0, 0.1) is 5.92 Å². The molecule has 0 saturated heterocycles. The van der Waals surface area contributed by atoms with Gasteiger partial charge in [0.25, 0.3) is 0 Å². The van der Waals surface area contributed by atoms with Crippen molar-refractivity contribution >= 4 is 21.6 Å². The van der Waals surface area contributed by atoms with Crippen LogP contribution in [0.1, 0.15) is 31.2 Å². The molecule has 1 aromatic rings. The predicted molar refractivity (Wildman–Crippen MR) is 74.7 cm³/mol. The minimum Gasteiger partial charge on any atom is -0.399 e. The molecule has 2 saturated carbocycles. The third-order valence-electron chi connectivity index (χ3n) is 3.62. The number of hydrogen-bond acceptors (Lipinski definition) is 2. The molecule has 0 unspecified atom stereocenters. The Morgan fingerprint density at radius 3 is 2.53 bits per heavy atom. The molecule has 17 heavy (non-hydrogen) atoms. The SMILES string of the molecule is Nc1cc(Br)cc(CN(CC2CC2)C2CC2)c1. The molecule has 0 bridgehead atoms. The van der Waals surface area contributed by atoms with Gasteiger partial charge in [0.2, 0.25) is 0 Å². The van der Waals surface area contributed by atoms with Crippen molar-refractivity contribution in [3.05, 3.63) is 28.2 Å². The Bertz CT molecular complexity index is 390. The van der Waals surface area contributed by atoms with Crippen LogP contribution in [0.2, 0.25) is 0 Å². The van der Waals surface area contributed by atoms with Gasteiger partial charge in [0, 0.05) is 29.3 Å². The maximum atomic E-state index is 5.89. The zero-order valence-corrected chi connectivity index (χ0v) is 11.6. The zero-order chi connectivity index (χ0) is 11.8. The highest BCUT2D eigenvalue weighted by molar-refractivity contribution is 9.10. The second-order valence-electron chi connectivity index (χ2n) is 5.50. The van der Waals surface area contributed by atoms with Crippen LogP contribution >= 0.6 is 15.9 Å². The Balaban J connectivity index is 1.69. The summed E-state index contributed by atoms with van der Waals surface area (Å²) in [4.78, 5) is 2.65. The summed E-state index contributed by atoms with van der Waals surface area (Å²) < 4.78 is 1.09. The number of rotatable bonds is 5. The molecule has 0 amide bonds. The third-order valence-corrected chi connectivity index (χ3v) is 4.08. The van der Waals surface area contributed by atoms with Gasteiger partial charge in [-0.3, -0.25) is 4.90 Å². The summed E-state index contributed by atoms with van der Waals surface area (Å²) in [6.45, 7) is 2.35. The van der Waals surface area contributed by atoms with E-state index >= 15 is 0 Å². The summed E-state index contributed by atoms with van der Waals surface area (Å²) >= 11 is 3.52. The maximum absolute atomic E-state index is 5.89. The summed E-state index contributed by atoms with van der Waals surface area (Å²) in [5, 5.41) is 0. The topological polar surface area (TPSA) is 29.3 Å². The van der Waals surface area contributed by atoms with Crippen molar-refractivity contribution in [2.24, 2.45) is 5.92 Å². The van der Waals surface area contributed by atoms with Crippen molar-refractivity contribution in [3.63, 3.8) is 0 Å². The van der Waals surface area contributed by atoms with Crippen LogP contribution in [-0.4, -0.2) is 17.5 Å². The van der Waals surface area contributed by atoms with Gasteiger partial charge in [-0.25, -0.2) is 0 Å². The number of nitrogen functional groups attached to an aromatic ring is 1. The smallest absolute Gasteiger partial charge is 0.0328 e. The van der Waals surface area contributed by atoms with Crippen molar-refractivity contribution < 1.29 is 0 Å². The molecule has 3 rings (SSSR count). The Hall–Kier alpha value is -0.540. The first-order chi connectivity index (χ1) is 8.20. The molecule has 0 heterocycles. The van der Waals surface area contributed by atoms with E-state index in [-0.39, 0.29) is 0 Å². The number of nitrogens with two attached hydrogens (primary N) is 1. The molecule has 0 radical (unpaired) electrons. The molecular weight excluding hydrogens is 276 g/mol. The highest BCUT2D eigenvalue weighted by Gasteiger charge is 2.33. The van der Waals surface area contributed by atoms with Crippen molar-refractivity contribution in [2.45, 2.75) is 38.3 Å². The summed E-state index contributed by atoms with van der Waals surface area (Å²) in [7, 11) is 0. The Morgan fingerprint density at radius 1 is 1.18 bits per heavy atom. The van der Waals surface area contributed by atoms with Crippen LogP contribution in [0.5, 0.6) is 0 Å². The van der Waals surface area contributed by atoms with Crippen LogP contribution in [-0.2, 0) is 6.54 Å². The maximum Gasteiger partial charge on any atom is 0.0328 e. The predicted octanol–water partition coefficient (Wildman–Crippen LogP) is 3.41. The number of anilines is 1. The van der Waals surface area contributed by atoms with Gasteiger partial charge in [0.15, 0.2) is 0 Å². The van der Waals surface area contributed by atoms with Gasteiger partial charge in [-0.2, -0.15) is 0 Å². The molecule has 92 valence electrons. The Labute approximate surface area is 111 Å². The first kappa shape index (κ1) is 11.5. The van der Waals surface area contributed by atoms with E-state index in [9.17, 15) is 0 Å². The molecule has 2 aliphatic rings. The van der Waals surface area contributed by atoms with Gasteiger partial charge in [0.05, 0.1) is 0 Å². The standard InChI is InChI=1S/C14H19BrN2/c15-12-5-11(6-13(16)7-12)9-17(14-3-4-14)8-10-1-2-10/h5-7,10,14H,1-4,8-9,16H2. The largest absolute Gasteiger partial charge is 0.399 e. The van der Waals surface area contributed by atoms with Crippen LogP contribution < -0.4 is 5.73 Å². The summed E-state index contributed by atoms with van der Waals surface area (Å²) in [6, 6.07) is 7.10. The van der Waals surface area contributed by atoms with Crippen molar-refractivity contribution in [1.29, 1.82) is 0 Å². The highest BCUT2D eigenvalue weighted by atomic mass is 79.9. The molecule has 0 aliphatic heterocycles. The van der Waals surface area contributed by atoms with Gasteiger partial charge in [0.1, 0.15) is 0 Å². The first-order valence-electron chi connectivity index (χ1n) is 6.50. The van der Waals surface area contributed by atoms with Crippen molar-refractivity contribution in [1.82, 2.24) is 4.90 Å². The number of hydrogen-bond donors (Lipinski definition) is 1. The normalized spacial score (nSPS) is 19.9. The minimum absolute atomic E-state index is 0.843. The van der Waals surface area contributed by atoms with E-state index in [1.807, 2.05) is 6.07 Å². The molecule has 2 aliphatic carbocycles. The molecule has 2 fully saturated rings. The van der Waals surface area contributed by atoms with E-state index in [0.717, 1.165) is 28.7 Å². The van der Waals surface area contributed by atoms with Gasteiger partial charge in [-0.15, -0.1) is 0 Å². The average molecular weight is 295 g/mol. The van der Waals surface area contributed by atoms with Gasteiger partial charge >= 0.3 is 0 Å². The lowest BCUT2D eigenvalue weighted by atomic mass is 10.2. The monoisotopic (exact) mass is 294 g/mol. The molecule has 0 aromatic heterocycles.